The van der Waals surface area contributed by atoms with Gasteiger partial charge in [0.15, 0.2) is 6.10 Å². The zero-order valence-electron chi connectivity index (χ0n) is 40.0. The van der Waals surface area contributed by atoms with E-state index in [1.807, 2.05) is 0 Å². The van der Waals surface area contributed by atoms with E-state index in [1.54, 1.807) is 0 Å². The predicted octanol–water partition coefficient (Wildman–Crippen LogP) is 16.9. The summed E-state index contributed by atoms with van der Waals surface area (Å²) in [5, 5.41) is 0. The van der Waals surface area contributed by atoms with Gasteiger partial charge in [0.1, 0.15) is 13.2 Å². The lowest BCUT2D eigenvalue weighted by atomic mass is 10.0. The van der Waals surface area contributed by atoms with Gasteiger partial charge in [0.2, 0.25) is 0 Å². The lowest BCUT2D eigenvalue weighted by molar-refractivity contribution is -0.167. The van der Waals surface area contributed by atoms with Crippen LogP contribution in [0.5, 0.6) is 0 Å². The molecule has 1 atom stereocenters. The summed E-state index contributed by atoms with van der Waals surface area (Å²) in [6.07, 6.45) is 56.9. The highest BCUT2D eigenvalue weighted by Crippen LogP contribution is 2.15. The number of ether oxygens (including phenoxy) is 3. The van der Waals surface area contributed by atoms with Crippen LogP contribution in [0.15, 0.2) is 36.5 Å². The van der Waals surface area contributed by atoms with Gasteiger partial charge in [0.25, 0.3) is 0 Å². The monoisotopic (exact) mass is 843 g/mol. The van der Waals surface area contributed by atoms with Crippen molar-refractivity contribution >= 4 is 17.9 Å². The first-order valence-electron chi connectivity index (χ1n) is 26.0. The van der Waals surface area contributed by atoms with Gasteiger partial charge in [-0.15, -0.1) is 0 Å². The maximum Gasteiger partial charge on any atom is 0.306 e. The van der Waals surface area contributed by atoms with Crippen LogP contribution in [0.25, 0.3) is 0 Å². The van der Waals surface area contributed by atoms with Crippen molar-refractivity contribution < 1.29 is 28.6 Å². The van der Waals surface area contributed by atoms with Crippen molar-refractivity contribution in [3.63, 3.8) is 0 Å². The Morgan fingerprint density at radius 3 is 0.967 bits per heavy atom. The van der Waals surface area contributed by atoms with Crippen LogP contribution in [0.4, 0.5) is 0 Å². The van der Waals surface area contributed by atoms with Crippen LogP contribution in [0.2, 0.25) is 0 Å². The van der Waals surface area contributed by atoms with Gasteiger partial charge in [-0.05, 0) is 77.0 Å². The summed E-state index contributed by atoms with van der Waals surface area (Å²) in [5.41, 5.74) is 0. The third-order valence-corrected chi connectivity index (χ3v) is 11.4. The Bertz CT molecular complexity index is 1020. The van der Waals surface area contributed by atoms with Crippen molar-refractivity contribution in [2.45, 2.75) is 277 Å². The highest BCUT2D eigenvalue weighted by molar-refractivity contribution is 5.71. The van der Waals surface area contributed by atoms with E-state index in [0.717, 1.165) is 83.5 Å². The van der Waals surface area contributed by atoms with Crippen molar-refractivity contribution in [2.75, 3.05) is 13.2 Å². The molecule has 0 heterocycles. The topological polar surface area (TPSA) is 78.9 Å². The molecule has 0 rings (SSSR count). The molecule has 0 aromatic carbocycles. The number of hydrogen-bond donors (Lipinski definition) is 0. The fourth-order valence-corrected chi connectivity index (χ4v) is 7.41. The van der Waals surface area contributed by atoms with Crippen molar-refractivity contribution in [2.24, 2.45) is 0 Å². The summed E-state index contributed by atoms with van der Waals surface area (Å²) in [7, 11) is 0. The second kappa shape index (κ2) is 49.3. The molecule has 0 aromatic heterocycles. The zero-order chi connectivity index (χ0) is 43.7. The quantitative estimate of drug-likeness (QED) is 0.0263. The van der Waals surface area contributed by atoms with Gasteiger partial charge in [0.05, 0.1) is 0 Å². The molecule has 0 N–H and O–H groups in total. The lowest BCUT2D eigenvalue weighted by Gasteiger charge is -2.18. The molecule has 6 heteroatoms. The summed E-state index contributed by atoms with van der Waals surface area (Å²) in [5.74, 6) is -0.891. The van der Waals surface area contributed by atoms with Gasteiger partial charge in [-0.2, -0.15) is 0 Å². The number of esters is 3. The Morgan fingerprint density at radius 2 is 0.600 bits per heavy atom. The summed E-state index contributed by atoms with van der Waals surface area (Å²) in [4.78, 5) is 37.9. The van der Waals surface area contributed by atoms with E-state index in [9.17, 15) is 14.4 Å². The van der Waals surface area contributed by atoms with Crippen molar-refractivity contribution in [1.29, 1.82) is 0 Å². The van der Waals surface area contributed by atoms with E-state index in [1.165, 1.54) is 148 Å². The van der Waals surface area contributed by atoms with Gasteiger partial charge < -0.3 is 14.2 Å². The Kier molecular flexibility index (Phi) is 47.3. The largest absolute Gasteiger partial charge is 0.462 e. The molecule has 0 aliphatic rings. The van der Waals surface area contributed by atoms with Crippen LogP contribution in [-0.2, 0) is 28.6 Å². The second-order valence-electron chi connectivity index (χ2n) is 17.4. The minimum Gasteiger partial charge on any atom is -0.462 e. The van der Waals surface area contributed by atoms with E-state index in [2.05, 4.69) is 57.2 Å². The highest BCUT2D eigenvalue weighted by atomic mass is 16.6. The van der Waals surface area contributed by atoms with E-state index < -0.39 is 6.10 Å². The maximum atomic E-state index is 12.8. The van der Waals surface area contributed by atoms with Gasteiger partial charge in [-0.3, -0.25) is 14.4 Å². The molecule has 0 bridgehead atoms. The molecule has 0 radical (unpaired) electrons. The molecule has 0 aliphatic heterocycles. The summed E-state index contributed by atoms with van der Waals surface area (Å²) < 4.78 is 16.8. The second-order valence-corrected chi connectivity index (χ2v) is 17.4. The molecule has 6 nitrogen and oxygen atoms in total. The number of carbonyl (C=O) groups excluding carboxylic acids is 3. The van der Waals surface area contributed by atoms with E-state index in [-0.39, 0.29) is 31.1 Å². The summed E-state index contributed by atoms with van der Waals surface area (Å²) >= 11 is 0. The van der Waals surface area contributed by atoms with E-state index >= 15 is 0 Å². The molecule has 0 amide bonds. The smallest absolute Gasteiger partial charge is 0.306 e. The predicted molar refractivity (Wildman–Crippen MR) is 256 cm³/mol. The average Bonchev–Trinajstić information content (AvgIpc) is 3.24. The molecule has 1 unspecified atom stereocenters. The van der Waals surface area contributed by atoms with Crippen LogP contribution >= 0.6 is 0 Å². The maximum absolute atomic E-state index is 12.8. The molecule has 0 aliphatic carbocycles. The molecule has 0 saturated heterocycles. The Morgan fingerprint density at radius 1 is 0.333 bits per heavy atom. The first-order valence-corrected chi connectivity index (χ1v) is 26.0. The molecule has 0 spiro atoms. The average molecular weight is 843 g/mol. The van der Waals surface area contributed by atoms with Gasteiger partial charge in [-0.25, -0.2) is 0 Å². The minimum absolute atomic E-state index is 0.0772. The fraction of sp³-hybridized carbons (Fsp3) is 0.833. The first-order chi connectivity index (χ1) is 29.5. The third kappa shape index (κ3) is 46.7. The summed E-state index contributed by atoms with van der Waals surface area (Å²) in [6, 6.07) is 0. The molecule has 0 saturated carbocycles. The van der Waals surface area contributed by atoms with Crippen molar-refractivity contribution in [1.82, 2.24) is 0 Å². The highest BCUT2D eigenvalue weighted by Gasteiger charge is 2.19. The Balaban J connectivity index is 4.39. The number of hydrogen-bond acceptors (Lipinski definition) is 6. The molecular formula is C54H98O6. The van der Waals surface area contributed by atoms with Crippen LogP contribution < -0.4 is 0 Å². The van der Waals surface area contributed by atoms with Crippen LogP contribution in [-0.4, -0.2) is 37.2 Å². The number of carbonyl (C=O) groups is 3. The van der Waals surface area contributed by atoms with E-state index in [0.29, 0.717) is 19.3 Å². The minimum atomic E-state index is -0.778. The third-order valence-electron chi connectivity index (χ3n) is 11.4. The molecule has 350 valence electrons. The standard InChI is InChI=1S/C54H98O6/c1-4-7-10-13-16-19-22-25-27-29-32-35-38-41-44-47-53(56)59-50-51(49-58-52(55)46-43-40-37-34-31-24-21-18-15-12-9-6-3)60-54(57)48-45-42-39-36-33-30-28-26-23-20-17-14-11-8-5-2/h16,19,25-28,51H,4-15,17-18,20-24,29-50H2,1-3H3. The fourth-order valence-electron chi connectivity index (χ4n) is 7.41. The first kappa shape index (κ1) is 57.6. The van der Waals surface area contributed by atoms with Gasteiger partial charge in [0, 0.05) is 19.3 Å². The van der Waals surface area contributed by atoms with E-state index in [4.69, 9.17) is 14.2 Å². The Hall–Kier alpha value is -2.37. The number of unbranched alkanes of at least 4 members (excludes halogenated alkanes) is 30. The van der Waals surface area contributed by atoms with Gasteiger partial charge >= 0.3 is 17.9 Å². The van der Waals surface area contributed by atoms with Crippen molar-refractivity contribution in [3.8, 4) is 0 Å². The van der Waals surface area contributed by atoms with Crippen molar-refractivity contribution in [3.05, 3.63) is 36.5 Å². The van der Waals surface area contributed by atoms with Gasteiger partial charge in [-0.1, -0.05) is 211 Å². The molecule has 60 heavy (non-hydrogen) atoms. The Labute approximate surface area is 372 Å². The number of allylic oxidation sites excluding steroid dienone is 6. The van der Waals surface area contributed by atoms with Crippen LogP contribution in [0.3, 0.4) is 0 Å². The lowest BCUT2D eigenvalue weighted by Crippen LogP contribution is -2.30. The normalized spacial score (nSPS) is 12.2. The molecular weight excluding hydrogens is 745 g/mol. The SMILES string of the molecule is CCCCCC=CCC=CCCCCCCCC(=O)OCC(COC(=O)CCCCCCCCCCCCCC)OC(=O)CCCCCCCC=CCCCCCCCC. The zero-order valence-corrected chi connectivity index (χ0v) is 40.0. The molecule has 0 aromatic rings. The molecule has 0 fully saturated rings. The number of rotatable bonds is 47. The van der Waals surface area contributed by atoms with Crippen LogP contribution in [0.1, 0.15) is 271 Å². The summed E-state index contributed by atoms with van der Waals surface area (Å²) in [6.45, 7) is 6.60. The van der Waals surface area contributed by atoms with Crippen LogP contribution in [0, 0.1) is 0 Å².